The molecule has 0 saturated heterocycles. The summed E-state index contributed by atoms with van der Waals surface area (Å²) in [6.45, 7) is 1.64. The molecule has 5 nitrogen and oxygen atoms in total. The molecular formula is C19H22N2O3. The second-order valence-corrected chi connectivity index (χ2v) is 5.48. The van der Waals surface area contributed by atoms with E-state index in [0.717, 1.165) is 5.56 Å². The Balaban J connectivity index is 2.11. The fraction of sp³-hybridized carbons (Fsp3) is 0.263. The van der Waals surface area contributed by atoms with Gasteiger partial charge in [0.15, 0.2) is 0 Å². The summed E-state index contributed by atoms with van der Waals surface area (Å²) < 4.78 is 5.02. The van der Waals surface area contributed by atoms with Crippen LogP contribution in [0.25, 0.3) is 0 Å². The van der Waals surface area contributed by atoms with Crippen LogP contribution in [0.5, 0.6) is 0 Å². The second-order valence-electron chi connectivity index (χ2n) is 5.48. The number of carbonyl (C=O) groups is 2. The molecule has 0 aliphatic heterocycles. The molecule has 5 heteroatoms. The Kier molecular flexibility index (Phi) is 6.51. The molecule has 24 heavy (non-hydrogen) atoms. The van der Waals surface area contributed by atoms with E-state index in [4.69, 9.17) is 4.74 Å². The number of benzene rings is 2. The van der Waals surface area contributed by atoms with Crippen LogP contribution >= 0.6 is 0 Å². The minimum Gasteiger partial charge on any atom is -0.372 e. The number of rotatable bonds is 7. The molecule has 2 amide bonds. The highest BCUT2D eigenvalue weighted by Gasteiger charge is 2.23. The van der Waals surface area contributed by atoms with Crippen LogP contribution in [0.2, 0.25) is 0 Å². The summed E-state index contributed by atoms with van der Waals surface area (Å²) in [4.78, 5) is 24.7. The highest BCUT2D eigenvalue weighted by Crippen LogP contribution is 2.09. The summed E-state index contributed by atoms with van der Waals surface area (Å²) in [6, 6.07) is 18.0. The molecule has 0 radical (unpaired) electrons. The quantitative estimate of drug-likeness (QED) is 0.821. The molecule has 126 valence electrons. The summed E-state index contributed by atoms with van der Waals surface area (Å²) >= 11 is 0. The Morgan fingerprint density at radius 2 is 1.54 bits per heavy atom. The fourth-order valence-corrected chi connectivity index (χ4v) is 2.21. The van der Waals surface area contributed by atoms with Gasteiger partial charge in [0.2, 0.25) is 11.8 Å². The van der Waals surface area contributed by atoms with Crippen molar-refractivity contribution in [3.8, 4) is 0 Å². The molecule has 0 saturated carbocycles. The van der Waals surface area contributed by atoms with E-state index in [-0.39, 0.29) is 11.8 Å². The van der Waals surface area contributed by atoms with Crippen LogP contribution in [0.4, 0.5) is 5.69 Å². The zero-order chi connectivity index (χ0) is 17.4. The molecule has 2 aromatic rings. The first-order valence-corrected chi connectivity index (χ1v) is 7.83. The van der Waals surface area contributed by atoms with Crippen molar-refractivity contribution in [2.75, 3.05) is 12.4 Å². The molecule has 2 aromatic carbocycles. The summed E-state index contributed by atoms with van der Waals surface area (Å²) in [5.41, 5.74) is 1.66. The van der Waals surface area contributed by atoms with Gasteiger partial charge in [-0.2, -0.15) is 0 Å². The second kappa shape index (κ2) is 8.84. The van der Waals surface area contributed by atoms with Crippen molar-refractivity contribution in [1.82, 2.24) is 5.32 Å². The Hall–Kier alpha value is -2.66. The molecule has 2 atom stereocenters. The molecule has 0 bridgehead atoms. The third-order valence-electron chi connectivity index (χ3n) is 3.68. The number of carbonyl (C=O) groups excluding carboxylic acids is 2. The van der Waals surface area contributed by atoms with Crippen molar-refractivity contribution in [2.24, 2.45) is 0 Å². The van der Waals surface area contributed by atoms with Gasteiger partial charge in [0.25, 0.3) is 0 Å². The molecule has 0 aliphatic rings. The van der Waals surface area contributed by atoms with Gasteiger partial charge in [-0.05, 0) is 24.6 Å². The zero-order valence-corrected chi connectivity index (χ0v) is 13.9. The van der Waals surface area contributed by atoms with Gasteiger partial charge in [-0.3, -0.25) is 9.59 Å². The predicted molar refractivity (Wildman–Crippen MR) is 93.6 cm³/mol. The number of hydrogen-bond donors (Lipinski definition) is 2. The average Bonchev–Trinajstić information content (AvgIpc) is 2.62. The van der Waals surface area contributed by atoms with Crippen LogP contribution < -0.4 is 10.6 Å². The minimum atomic E-state index is -0.683. The van der Waals surface area contributed by atoms with E-state index in [9.17, 15) is 9.59 Å². The first kappa shape index (κ1) is 17.7. The molecule has 0 heterocycles. The normalized spacial score (nSPS) is 12.9. The number of hydrogen-bond acceptors (Lipinski definition) is 3. The lowest BCUT2D eigenvalue weighted by Crippen LogP contribution is -2.48. The summed E-state index contributed by atoms with van der Waals surface area (Å²) in [5, 5.41) is 5.59. The molecule has 0 aromatic heterocycles. The van der Waals surface area contributed by atoms with E-state index in [0.29, 0.717) is 12.1 Å². The third kappa shape index (κ3) is 5.21. The van der Waals surface area contributed by atoms with Crippen LogP contribution in [0.1, 0.15) is 12.5 Å². The third-order valence-corrected chi connectivity index (χ3v) is 3.68. The lowest BCUT2D eigenvalue weighted by molar-refractivity contribution is -0.133. The molecule has 0 spiro atoms. The Morgan fingerprint density at radius 1 is 0.958 bits per heavy atom. The van der Waals surface area contributed by atoms with Crippen LogP contribution in [-0.2, 0) is 20.7 Å². The predicted octanol–water partition coefficient (Wildman–Crippen LogP) is 2.39. The SMILES string of the molecule is CO[C@@H](C)C(=O)N[C@@H](Cc1ccccc1)C(=O)Nc1ccccc1. The molecule has 2 rings (SSSR count). The van der Waals surface area contributed by atoms with E-state index in [2.05, 4.69) is 10.6 Å². The molecular weight excluding hydrogens is 304 g/mol. The summed E-state index contributed by atoms with van der Waals surface area (Å²) in [5.74, 6) is -0.580. The van der Waals surface area contributed by atoms with Crippen LogP contribution in [-0.4, -0.2) is 31.1 Å². The van der Waals surface area contributed by atoms with E-state index >= 15 is 0 Å². The van der Waals surface area contributed by atoms with Gasteiger partial charge in [0.1, 0.15) is 12.1 Å². The van der Waals surface area contributed by atoms with Crippen molar-refractivity contribution >= 4 is 17.5 Å². The zero-order valence-electron chi connectivity index (χ0n) is 13.9. The van der Waals surface area contributed by atoms with Crippen LogP contribution in [0.3, 0.4) is 0 Å². The highest BCUT2D eigenvalue weighted by atomic mass is 16.5. The van der Waals surface area contributed by atoms with Crippen molar-refractivity contribution < 1.29 is 14.3 Å². The first-order chi connectivity index (χ1) is 11.6. The number of anilines is 1. The molecule has 0 unspecified atom stereocenters. The van der Waals surface area contributed by atoms with E-state index < -0.39 is 12.1 Å². The minimum absolute atomic E-state index is 0.262. The highest BCUT2D eigenvalue weighted by molar-refractivity contribution is 5.97. The van der Waals surface area contributed by atoms with Gasteiger partial charge in [-0.25, -0.2) is 0 Å². The van der Waals surface area contributed by atoms with Crippen molar-refractivity contribution in [3.63, 3.8) is 0 Å². The fourth-order valence-electron chi connectivity index (χ4n) is 2.21. The monoisotopic (exact) mass is 326 g/mol. The van der Waals surface area contributed by atoms with Crippen LogP contribution in [0, 0.1) is 0 Å². The summed E-state index contributed by atoms with van der Waals surface area (Å²) in [6.07, 6.45) is -0.213. The number of para-hydroxylation sites is 1. The number of methoxy groups -OCH3 is 1. The largest absolute Gasteiger partial charge is 0.372 e. The topological polar surface area (TPSA) is 67.4 Å². The number of amides is 2. The van der Waals surface area contributed by atoms with Crippen molar-refractivity contribution in [2.45, 2.75) is 25.5 Å². The van der Waals surface area contributed by atoms with Gasteiger partial charge in [-0.15, -0.1) is 0 Å². The average molecular weight is 326 g/mol. The number of ether oxygens (including phenoxy) is 1. The molecule has 0 aliphatic carbocycles. The molecule has 0 fully saturated rings. The van der Waals surface area contributed by atoms with Gasteiger partial charge < -0.3 is 15.4 Å². The van der Waals surface area contributed by atoms with E-state index in [1.807, 2.05) is 48.5 Å². The van der Waals surface area contributed by atoms with Gasteiger partial charge in [-0.1, -0.05) is 48.5 Å². The van der Waals surface area contributed by atoms with E-state index in [1.54, 1.807) is 19.1 Å². The Labute approximate surface area is 142 Å². The van der Waals surface area contributed by atoms with Crippen LogP contribution in [0.15, 0.2) is 60.7 Å². The van der Waals surface area contributed by atoms with Crippen molar-refractivity contribution in [3.05, 3.63) is 66.2 Å². The maximum atomic E-state index is 12.6. The standard InChI is InChI=1S/C19H22N2O3/c1-14(24-2)18(22)21-17(13-15-9-5-3-6-10-15)19(23)20-16-11-7-4-8-12-16/h3-12,14,17H,13H2,1-2H3,(H,20,23)(H,21,22)/t14-,17-/m0/s1. The lowest BCUT2D eigenvalue weighted by Gasteiger charge is -2.20. The Bertz CT molecular complexity index is 659. The smallest absolute Gasteiger partial charge is 0.249 e. The summed E-state index contributed by atoms with van der Waals surface area (Å²) in [7, 11) is 1.46. The van der Waals surface area contributed by atoms with Gasteiger partial charge in [0.05, 0.1) is 0 Å². The maximum absolute atomic E-state index is 12.6. The van der Waals surface area contributed by atoms with E-state index in [1.165, 1.54) is 7.11 Å². The lowest BCUT2D eigenvalue weighted by atomic mass is 10.0. The van der Waals surface area contributed by atoms with Gasteiger partial charge >= 0.3 is 0 Å². The first-order valence-electron chi connectivity index (χ1n) is 7.83. The molecule has 2 N–H and O–H groups in total. The maximum Gasteiger partial charge on any atom is 0.249 e. The Morgan fingerprint density at radius 3 is 2.12 bits per heavy atom. The number of nitrogens with one attached hydrogen (secondary N) is 2. The van der Waals surface area contributed by atoms with Gasteiger partial charge in [0, 0.05) is 19.2 Å². The van der Waals surface area contributed by atoms with Crippen molar-refractivity contribution in [1.29, 1.82) is 0 Å².